The number of hydrogen-bond donors (Lipinski definition) is 1. The number of carboxylic acid groups (broad SMARTS) is 1. The minimum absolute atomic E-state index is 0.138. The van der Waals surface area contributed by atoms with Crippen molar-refractivity contribution in [3.8, 4) is 5.75 Å². The molecule has 0 spiro atoms. The molecule has 0 saturated carbocycles. The first-order chi connectivity index (χ1) is 9.02. The third-order valence-corrected chi connectivity index (χ3v) is 2.85. The molecule has 0 aliphatic rings. The molecule has 1 rings (SSSR count). The van der Waals surface area contributed by atoms with Crippen molar-refractivity contribution in [1.29, 1.82) is 0 Å². The van der Waals surface area contributed by atoms with E-state index >= 15 is 0 Å². The summed E-state index contributed by atoms with van der Waals surface area (Å²) in [5, 5.41) is 8.81. The number of anilines is 1. The molecule has 0 radical (unpaired) electrons. The number of carbonyl (C=O) groups is 1. The predicted octanol–water partition coefficient (Wildman–Crippen LogP) is 1.54. The zero-order chi connectivity index (χ0) is 14.3. The normalized spacial score (nSPS) is 10.5. The summed E-state index contributed by atoms with van der Waals surface area (Å²) in [5.74, 6) is 0.0258. The maximum Gasteiger partial charge on any atom is 0.305 e. The second-order valence-electron chi connectivity index (χ2n) is 4.63. The van der Waals surface area contributed by atoms with Crippen molar-refractivity contribution in [3.63, 3.8) is 0 Å². The third kappa shape index (κ3) is 5.61. The molecular weight excluding hydrogens is 244 g/mol. The first kappa shape index (κ1) is 15.3. The number of hydrogen-bond acceptors (Lipinski definition) is 4. The second-order valence-corrected chi connectivity index (χ2v) is 4.63. The molecule has 5 nitrogen and oxygen atoms in total. The molecule has 0 aromatic heterocycles. The van der Waals surface area contributed by atoms with E-state index in [1.54, 1.807) is 7.11 Å². The first-order valence-corrected chi connectivity index (χ1v) is 6.28. The van der Waals surface area contributed by atoms with Gasteiger partial charge in [0.1, 0.15) is 5.75 Å². The van der Waals surface area contributed by atoms with Gasteiger partial charge >= 0.3 is 5.97 Å². The molecule has 0 heterocycles. The quantitative estimate of drug-likeness (QED) is 0.773. The van der Waals surface area contributed by atoms with Crippen LogP contribution in [0.4, 0.5) is 5.69 Å². The van der Waals surface area contributed by atoms with Crippen LogP contribution >= 0.6 is 0 Å². The SMILES string of the molecule is COc1ccc(N(CCC(=O)O)CCN(C)C)cc1. The van der Waals surface area contributed by atoms with E-state index in [-0.39, 0.29) is 6.42 Å². The summed E-state index contributed by atoms with van der Waals surface area (Å²) in [4.78, 5) is 14.9. The minimum atomic E-state index is -0.775. The third-order valence-electron chi connectivity index (χ3n) is 2.85. The van der Waals surface area contributed by atoms with Crippen molar-refractivity contribution in [2.75, 3.05) is 45.7 Å². The average Bonchev–Trinajstić information content (AvgIpc) is 2.38. The molecule has 0 aliphatic heterocycles. The van der Waals surface area contributed by atoms with Gasteiger partial charge in [-0.25, -0.2) is 0 Å². The van der Waals surface area contributed by atoms with E-state index < -0.39 is 5.97 Å². The summed E-state index contributed by atoms with van der Waals surface area (Å²) in [6.45, 7) is 2.19. The van der Waals surface area contributed by atoms with Crippen LogP contribution in [-0.2, 0) is 4.79 Å². The van der Waals surface area contributed by atoms with E-state index in [4.69, 9.17) is 9.84 Å². The topological polar surface area (TPSA) is 53.0 Å². The first-order valence-electron chi connectivity index (χ1n) is 6.28. The highest BCUT2D eigenvalue weighted by Gasteiger charge is 2.09. The fourth-order valence-electron chi connectivity index (χ4n) is 1.71. The van der Waals surface area contributed by atoms with E-state index in [0.29, 0.717) is 6.54 Å². The molecular formula is C14H22N2O3. The standard InChI is InChI=1S/C14H22N2O3/c1-15(2)10-11-16(9-8-14(17)18)12-4-6-13(19-3)7-5-12/h4-7H,8-11H2,1-3H3,(H,17,18). The van der Waals surface area contributed by atoms with Crippen molar-refractivity contribution in [2.24, 2.45) is 0 Å². The smallest absolute Gasteiger partial charge is 0.305 e. The molecule has 19 heavy (non-hydrogen) atoms. The summed E-state index contributed by atoms with van der Waals surface area (Å²) in [6, 6.07) is 7.68. The van der Waals surface area contributed by atoms with Gasteiger partial charge in [0.25, 0.3) is 0 Å². The molecule has 0 fully saturated rings. The Labute approximate surface area is 114 Å². The van der Waals surface area contributed by atoms with Gasteiger partial charge in [-0.05, 0) is 38.4 Å². The van der Waals surface area contributed by atoms with Crippen molar-refractivity contribution < 1.29 is 14.6 Å². The second kappa shape index (κ2) is 7.63. The Kier molecular flexibility index (Phi) is 6.15. The van der Waals surface area contributed by atoms with Crippen LogP contribution in [0.5, 0.6) is 5.75 Å². The number of rotatable bonds is 8. The molecule has 0 atom stereocenters. The number of likely N-dealkylation sites (N-methyl/N-ethyl adjacent to an activating group) is 1. The van der Waals surface area contributed by atoms with Crippen LogP contribution in [0.3, 0.4) is 0 Å². The van der Waals surface area contributed by atoms with Crippen LogP contribution in [0.1, 0.15) is 6.42 Å². The lowest BCUT2D eigenvalue weighted by Crippen LogP contribution is -2.33. The van der Waals surface area contributed by atoms with Crippen LogP contribution < -0.4 is 9.64 Å². The fourth-order valence-corrected chi connectivity index (χ4v) is 1.71. The van der Waals surface area contributed by atoms with E-state index in [1.807, 2.05) is 38.4 Å². The Morgan fingerprint density at radius 2 is 1.79 bits per heavy atom. The lowest BCUT2D eigenvalue weighted by molar-refractivity contribution is -0.136. The number of carboxylic acids is 1. The van der Waals surface area contributed by atoms with Crippen LogP contribution in [0, 0.1) is 0 Å². The highest BCUT2D eigenvalue weighted by Crippen LogP contribution is 2.19. The molecule has 0 saturated heterocycles. The molecule has 0 amide bonds. The monoisotopic (exact) mass is 266 g/mol. The molecule has 106 valence electrons. The minimum Gasteiger partial charge on any atom is -0.497 e. The van der Waals surface area contributed by atoms with Gasteiger partial charge in [0.15, 0.2) is 0 Å². The Bertz CT molecular complexity index is 390. The zero-order valence-corrected chi connectivity index (χ0v) is 11.8. The van der Waals surface area contributed by atoms with Gasteiger partial charge in [0.05, 0.1) is 13.5 Å². The Balaban J connectivity index is 2.71. The molecule has 1 aromatic carbocycles. The lowest BCUT2D eigenvalue weighted by atomic mass is 10.2. The van der Waals surface area contributed by atoms with Crippen LogP contribution in [0.15, 0.2) is 24.3 Å². The number of ether oxygens (including phenoxy) is 1. The van der Waals surface area contributed by atoms with E-state index in [2.05, 4.69) is 9.80 Å². The number of methoxy groups -OCH3 is 1. The number of nitrogens with zero attached hydrogens (tertiary/aromatic N) is 2. The fraction of sp³-hybridized carbons (Fsp3) is 0.500. The Morgan fingerprint density at radius 1 is 1.16 bits per heavy atom. The molecule has 1 aromatic rings. The summed E-state index contributed by atoms with van der Waals surface area (Å²) in [6.07, 6.45) is 0.138. The molecule has 0 bridgehead atoms. The van der Waals surface area contributed by atoms with Crippen molar-refractivity contribution in [3.05, 3.63) is 24.3 Å². The Hall–Kier alpha value is -1.75. The lowest BCUT2D eigenvalue weighted by Gasteiger charge is -2.26. The van der Waals surface area contributed by atoms with Gasteiger partial charge in [-0.15, -0.1) is 0 Å². The molecule has 5 heteroatoms. The molecule has 1 N–H and O–H groups in total. The highest BCUT2D eigenvalue weighted by atomic mass is 16.5. The predicted molar refractivity (Wildman–Crippen MR) is 76.0 cm³/mol. The Morgan fingerprint density at radius 3 is 2.26 bits per heavy atom. The largest absolute Gasteiger partial charge is 0.497 e. The van der Waals surface area contributed by atoms with Crippen LogP contribution in [0.2, 0.25) is 0 Å². The number of aliphatic carboxylic acids is 1. The zero-order valence-electron chi connectivity index (χ0n) is 11.8. The van der Waals surface area contributed by atoms with Gasteiger partial charge in [-0.2, -0.15) is 0 Å². The summed E-state index contributed by atoms with van der Waals surface area (Å²) >= 11 is 0. The van der Waals surface area contributed by atoms with Crippen LogP contribution in [0.25, 0.3) is 0 Å². The maximum atomic E-state index is 10.7. The van der Waals surface area contributed by atoms with Gasteiger partial charge in [-0.3, -0.25) is 4.79 Å². The molecule has 0 aliphatic carbocycles. The average molecular weight is 266 g/mol. The van der Waals surface area contributed by atoms with Crippen LogP contribution in [-0.4, -0.2) is 56.8 Å². The number of benzene rings is 1. The maximum absolute atomic E-state index is 10.7. The van der Waals surface area contributed by atoms with Gasteiger partial charge in [0, 0.05) is 25.3 Å². The van der Waals surface area contributed by atoms with Crippen molar-refractivity contribution in [2.45, 2.75) is 6.42 Å². The van der Waals surface area contributed by atoms with E-state index in [1.165, 1.54) is 0 Å². The van der Waals surface area contributed by atoms with Gasteiger partial charge in [0.2, 0.25) is 0 Å². The van der Waals surface area contributed by atoms with E-state index in [0.717, 1.165) is 24.5 Å². The highest BCUT2D eigenvalue weighted by molar-refractivity contribution is 5.67. The van der Waals surface area contributed by atoms with Gasteiger partial charge in [-0.1, -0.05) is 0 Å². The van der Waals surface area contributed by atoms with E-state index in [9.17, 15) is 4.79 Å². The molecule has 0 unspecified atom stereocenters. The summed E-state index contributed by atoms with van der Waals surface area (Å²) < 4.78 is 5.12. The van der Waals surface area contributed by atoms with Crippen molar-refractivity contribution in [1.82, 2.24) is 4.90 Å². The summed E-state index contributed by atoms with van der Waals surface area (Å²) in [5.41, 5.74) is 1.02. The van der Waals surface area contributed by atoms with Gasteiger partial charge < -0.3 is 19.6 Å². The van der Waals surface area contributed by atoms with Crippen molar-refractivity contribution >= 4 is 11.7 Å². The summed E-state index contributed by atoms with van der Waals surface area (Å²) in [7, 11) is 5.63.